The number of rotatable bonds is 7. The van der Waals surface area contributed by atoms with Gasteiger partial charge in [0, 0.05) is 30.0 Å². The van der Waals surface area contributed by atoms with Gasteiger partial charge >= 0.3 is 5.97 Å². The molecular formula is C16H26FNO4S2. The lowest BCUT2D eigenvalue weighted by Gasteiger charge is -2.34. The van der Waals surface area contributed by atoms with Crippen molar-refractivity contribution in [2.75, 3.05) is 6.54 Å². The van der Waals surface area contributed by atoms with E-state index >= 15 is 0 Å². The lowest BCUT2D eigenvalue weighted by molar-refractivity contribution is -0.150. The summed E-state index contributed by atoms with van der Waals surface area (Å²) in [4.78, 5) is 11.3. The molecule has 0 amide bonds. The molecule has 0 aliphatic heterocycles. The van der Waals surface area contributed by atoms with Crippen molar-refractivity contribution < 1.29 is 22.3 Å². The highest BCUT2D eigenvalue weighted by Crippen LogP contribution is 2.35. The second kappa shape index (κ2) is 7.93. The molecule has 2 unspecified atom stereocenters. The smallest absolute Gasteiger partial charge is 0.303 e. The van der Waals surface area contributed by atoms with E-state index in [1.807, 2.05) is 27.7 Å². The summed E-state index contributed by atoms with van der Waals surface area (Å²) >= 11 is 1.15. The summed E-state index contributed by atoms with van der Waals surface area (Å²) in [5, 5.41) is 3.00. The van der Waals surface area contributed by atoms with Gasteiger partial charge in [-0.15, -0.1) is 0 Å². The van der Waals surface area contributed by atoms with Crippen LogP contribution in [0.2, 0.25) is 0 Å². The SMILES string of the molecule is CCCN(C(C)(C)C)S(=O)(=O)c1cscc1C(OC(C)=O)C(C)F. The molecule has 2 atom stereocenters. The van der Waals surface area contributed by atoms with Crippen molar-refractivity contribution in [1.82, 2.24) is 4.31 Å². The number of ether oxygens (including phenoxy) is 1. The molecule has 0 saturated carbocycles. The van der Waals surface area contributed by atoms with Gasteiger partial charge in [0.05, 0.1) is 4.90 Å². The van der Waals surface area contributed by atoms with E-state index in [1.54, 1.807) is 0 Å². The molecule has 0 bridgehead atoms. The molecule has 24 heavy (non-hydrogen) atoms. The van der Waals surface area contributed by atoms with Crippen LogP contribution in [0.15, 0.2) is 15.7 Å². The van der Waals surface area contributed by atoms with E-state index in [0.717, 1.165) is 11.3 Å². The lowest BCUT2D eigenvalue weighted by Crippen LogP contribution is -2.46. The van der Waals surface area contributed by atoms with Crippen LogP contribution in [0.1, 0.15) is 59.6 Å². The number of hydrogen-bond acceptors (Lipinski definition) is 5. The molecule has 0 radical (unpaired) electrons. The molecule has 0 aliphatic carbocycles. The number of carbonyl (C=O) groups is 1. The Kier molecular flexibility index (Phi) is 6.95. The van der Waals surface area contributed by atoms with Crippen LogP contribution in [0, 0.1) is 0 Å². The van der Waals surface area contributed by atoms with Crippen molar-refractivity contribution in [3.63, 3.8) is 0 Å². The van der Waals surface area contributed by atoms with E-state index in [9.17, 15) is 17.6 Å². The maximum Gasteiger partial charge on any atom is 0.303 e. The third-order valence-electron chi connectivity index (χ3n) is 3.41. The van der Waals surface area contributed by atoms with E-state index in [4.69, 9.17) is 4.74 Å². The minimum absolute atomic E-state index is 0.00613. The predicted molar refractivity (Wildman–Crippen MR) is 93.3 cm³/mol. The molecule has 0 N–H and O–H groups in total. The molecule has 1 aromatic rings. The minimum atomic E-state index is -3.84. The van der Waals surface area contributed by atoms with Crippen LogP contribution in [0.5, 0.6) is 0 Å². The summed E-state index contributed by atoms with van der Waals surface area (Å²) in [7, 11) is -3.84. The second-order valence-electron chi connectivity index (χ2n) is 6.65. The fourth-order valence-electron chi connectivity index (χ4n) is 2.43. The summed E-state index contributed by atoms with van der Waals surface area (Å²) in [5.41, 5.74) is -0.428. The zero-order valence-corrected chi connectivity index (χ0v) is 16.6. The normalized spacial score (nSPS) is 15.3. The summed E-state index contributed by atoms with van der Waals surface area (Å²) < 4.78 is 46.7. The molecule has 1 rings (SSSR count). The van der Waals surface area contributed by atoms with Crippen molar-refractivity contribution in [2.45, 2.75) is 70.7 Å². The molecule has 5 nitrogen and oxygen atoms in total. The molecule has 1 heterocycles. The first-order valence-corrected chi connectivity index (χ1v) is 10.2. The van der Waals surface area contributed by atoms with Crippen molar-refractivity contribution in [3.05, 3.63) is 16.3 Å². The summed E-state index contributed by atoms with van der Waals surface area (Å²) in [6, 6.07) is 0. The number of sulfonamides is 1. The van der Waals surface area contributed by atoms with Crippen LogP contribution >= 0.6 is 11.3 Å². The Bertz CT molecular complexity index is 662. The van der Waals surface area contributed by atoms with Crippen molar-refractivity contribution >= 4 is 27.3 Å². The average molecular weight is 380 g/mol. The van der Waals surface area contributed by atoms with Gasteiger partial charge < -0.3 is 4.74 Å². The van der Waals surface area contributed by atoms with Gasteiger partial charge in [-0.25, -0.2) is 12.8 Å². The van der Waals surface area contributed by atoms with E-state index in [1.165, 1.54) is 28.9 Å². The molecular weight excluding hydrogens is 353 g/mol. The number of alkyl halides is 1. The lowest BCUT2D eigenvalue weighted by atomic mass is 10.1. The number of hydrogen-bond donors (Lipinski definition) is 0. The Morgan fingerprint density at radius 1 is 1.38 bits per heavy atom. The largest absolute Gasteiger partial charge is 0.454 e. The first-order chi connectivity index (χ1) is 10.9. The minimum Gasteiger partial charge on any atom is -0.454 e. The van der Waals surface area contributed by atoms with Gasteiger partial charge in [0.15, 0.2) is 6.10 Å². The molecule has 0 aliphatic rings. The van der Waals surface area contributed by atoms with E-state index in [2.05, 4.69) is 0 Å². The zero-order chi connectivity index (χ0) is 18.7. The number of thiophene rings is 1. The first-order valence-electron chi connectivity index (χ1n) is 7.83. The fraction of sp³-hybridized carbons (Fsp3) is 0.688. The standard InChI is InChI=1S/C16H26FNO4S2/c1-7-8-18(16(4,5)6)24(20,21)14-10-23-9-13(14)15(11(2)17)22-12(3)19/h9-11,15H,7-8H2,1-6H3. The van der Waals surface area contributed by atoms with Crippen LogP contribution in [0.25, 0.3) is 0 Å². The number of nitrogens with zero attached hydrogens (tertiary/aromatic N) is 1. The maximum absolute atomic E-state index is 14.0. The van der Waals surface area contributed by atoms with Gasteiger partial charge in [0.1, 0.15) is 6.17 Å². The summed E-state index contributed by atoms with van der Waals surface area (Å²) in [6.45, 7) is 10.1. The number of halogens is 1. The quantitative estimate of drug-likeness (QED) is 0.674. The predicted octanol–water partition coefficient (Wildman–Crippen LogP) is 3.91. The highest BCUT2D eigenvalue weighted by Gasteiger charge is 2.38. The van der Waals surface area contributed by atoms with Gasteiger partial charge in [-0.2, -0.15) is 15.6 Å². The molecule has 0 fully saturated rings. The molecule has 8 heteroatoms. The van der Waals surface area contributed by atoms with Crippen molar-refractivity contribution in [3.8, 4) is 0 Å². The monoisotopic (exact) mass is 379 g/mol. The first kappa shape index (κ1) is 21.1. The van der Waals surface area contributed by atoms with Crippen LogP contribution in [0.3, 0.4) is 0 Å². The van der Waals surface area contributed by atoms with Crippen LogP contribution in [0.4, 0.5) is 4.39 Å². The van der Waals surface area contributed by atoms with E-state index in [-0.39, 0.29) is 10.5 Å². The summed E-state index contributed by atoms with van der Waals surface area (Å²) in [6.07, 6.45) is -2.10. The average Bonchev–Trinajstić information content (AvgIpc) is 2.89. The van der Waals surface area contributed by atoms with Gasteiger partial charge in [0.25, 0.3) is 0 Å². The van der Waals surface area contributed by atoms with Crippen LogP contribution in [-0.2, 0) is 19.6 Å². The Hall–Kier alpha value is -0.990. The van der Waals surface area contributed by atoms with Crippen molar-refractivity contribution in [1.29, 1.82) is 0 Å². The maximum atomic E-state index is 14.0. The molecule has 138 valence electrons. The molecule has 0 aromatic carbocycles. The van der Waals surface area contributed by atoms with Gasteiger partial charge in [-0.1, -0.05) is 6.92 Å². The van der Waals surface area contributed by atoms with Crippen molar-refractivity contribution in [2.24, 2.45) is 0 Å². The van der Waals surface area contributed by atoms with Crippen LogP contribution in [-0.4, -0.2) is 36.9 Å². The third-order valence-corrected chi connectivity index (χ3v) is 6.55. The Labute approximate surface area is 147 Å². The highest BCUT2D eigenvalue weighted by molar-refractivity contribution is 7.89. The molecule has 0 spiro atoms. The zero-order valence-electron chi connectivity index (χ0n) is 15.0. The summed E-state index contributed by atoms with van der Waals surface area (Å²) in [5.74, 6) is -0.653. The van der Waals surface area contributed by atoms with Crippen LogP contribution < -0.4 is 0 Å². The Morgan fingerprint density at radius 3 is 2.38 bits per heavy atom. The second-order valence-corrected chi connectivity index (χ2v) is 9.22. The topological polar surface area (TPSA) is 63.7 Å². The molecule has 0 saturated heterocycles. The van der Waals surface area contributed by atoms with Gasteiger partial charge in [-0.05, 0) is 39.5 Å². The van der Waals surface area contributed by atoms with Gasteiger partial charge in [-0.3, -0.25) is 4.79 Å². The number of esters is 1. The number of carbonyl (C=O) groups excluding carboxylic acids is 1. The van der Waals surface area contributed by atoms with Gasteiger partial charge in [0.2, 0.25) is 10.0 Å². The fourth-order valence-corrected chi connectivity index (χ4v) is 5.75. The molecule has 1 aromatic heterocycles. The highest BCUT2D eigenvalue weighted by atomic mass is 32.2. The third kappa shape index (κ3) is 4.77. The van der Waals surface area contributed by atoms with E-state index in [0.29, 0.717) is 13.0 Å². The Balaban J connectivity index is 3.41. The Morgan fingerprint density at radius 2 is 1.96 bits per heavy atom. The van der Waals surface area contributed by atoms with E-state index < -0.39 is 33.8 Å².